The van der Waals surface area contributed by atoms with Crippen molar-refractivity contribution in [3.63, 3.8) is 0 Å². The molecule has 0 aliphatic heterocycles. The zero-order chi connectivity index (χ0) is 20.2. The molecule has 0 heterocycles. The van der Waals surface area contributed by atoms with Gasteiger partial charge in [-0.15, -0.1) is 0 Å². The van der Waals surface area contributed by atoms with Gasteiger partial charge < -0.3 is 21.1 Å². The molecule has 0 radical (unpaired) electrons. The maximum absolute atomic E-state index is 10.7. The summed E-state index contributed by atoms with van der Waals surface area (Å²) < 4.78 is 5.27. The average Bonchev–Trinajstić information content (AvgIpc) is 2.71. The molecule has 28 heavy (non-hydrogen) atoms. The number of hydrogen-bond donors (Lipinski definition) is 3. The lowest BCUT2D eigenvalue weighted by Gasteiger charge is -2.14. The van der Waals surface area contributed by atoms with Crippen molar-refractivity contribution in [2.45, 2.75) is 26.2 Å². The molecule has 2 aromatic rings. The predicted molar refractivity (Wildman–Crippen MR) is 114 cm³/mol. The molecular formula is C22H30N4O2. The SMILES string of the molecule is CCNC(=NCC(C)c1ccccc1)NCCc1ccc(OCC(N)=O)cc1. The van der Waals surface area contributed by atoms with Crippen molar-refractivity contribution in [1.82, 2.24) is 10.6 Å². The quantitative estimate of drug-likeness (QED) is 0.435. The summed E-state index contributed by atoms with van der Waals surface area (Å²) in [5, 5.41) is 6.66. The van der Waals surface area contributed by atoms with E-state index in [1.54, 1.807) is 0 Å². The number of nitrogens with one attached hydrogen (secondary N) is 2. The zero-order valence-corrected chi connectivity index (χ0v) is 16.7. The molecule has 0 aliphatic rings. The van der Waals surface area contributed by atoms with Crippen molar-refractivity contribution >= 4 is 11.9 Å². The topological polar surface area (TPSA) is 88.7 Å². The van der Waals surface area contributed by atoms with Crippen molar-refractivity contribution in [1.29, 1.82) is 0 Å². The van der Waals surface area contributed by atoms with E-state index in [4.69, 9.17) is 15.5 Å². The van der Waals surface area contributed by atoms with Crippen LogP contribution in [0.2, 0.25) is 0 Å². The first-order chi connectivity index (χ1) is 13.6. The van der Waals surface area contributed by atoms with Crippen LogP contribution in [-0.2, 0) is 11.2 Å². The highest BCUT2D eigenvalue weighted by molar-refractivity contribution is 5.79. The Hall–Kier alpha value is -3.02. The lowest BCUT2D eigenvalue weighted by atomic mass is 10.0. The van der Waals surface area contributed by atoms with E-state index in [-0.39, 0.29) is 6.61 Å². The zero-order valence-electron chi connectivity index (χ0n) is 16.7. The highest BCUT2D eigenvalue weighted by Gasteiger charge is 2.05. The third-order valence-corrected chi connectivity index (χ3v) is 4.25. The molecule has 1 atom stereocenters. The van der Waals surface area contributed by atoms with Crippen molar-refractivity contribution in [3.8, 4) is 5.75 Å². The van der Waals surface area contributed by atoms with Crippen LogP contribution in [0.1, 0.15) is 30.9 Å². The van der Waals surface area contributed by atoms with Gasteiger partial charge in [-0.2, -0.15) is 0 Å². The third-order valence-electron chi connectivity index (χ3n) is 4.25. The number of primary amides is 1. The minimum atomic E-state index is -0.481. The molecule has 150 valence electrons. The van der Waals surface area contributed by atoms with Crippen LogP contribution in [0.3, 0.4) is 0 Å². The Labute approximate surface area is 167 Å². The molecule has 1 amide bonds. The fraction of sp³-hybridized carbons (Fsp3) is 0.364. The third kappa shape index (κ3) is 7.70. The summed E-state index contributed by atoms with van der Waals surface area (Å²) in [5.74, 6) is 1.35. The van der Waals surface area contributed by atoms with Gasteiger partial charge in [0.05, 0.1) is 0 Å². The fourth-order valence-corrected chi connectivity index (χ4v) is 2.69. The summed E-state index contributed by atoms with van der Waals surface area (Å²) in [6.07, 6.45) is 0.856. The highest BCUT2D eigenvalue weighted by atomic mass is 16.5. The second kappa shape index (κ2) is 11.6. The van der Waals surface area contributed by atoms with E-state index in [0.29, 0.717) is 11.7 Å². The van der Waals surface area contributed by atoms with Crippen LogP contribution in [0, 0.1) is 0 Å². The summed E-state index contributed by atoms with van der Waals surface area (Å²) in [7, 11) is 0. The number of aliphatic imine (C=N–C) groups is 1. The van der Waals surface area contributed by atoms with Crippen molar-refractivity contribution in [2.24, 2.45) is 10.7 Å². The number of carbonyl (C=O) groups excluding carboxylic acids is 1. The van der Waals surface area contributed by atoms with E-state index < -0.39 is 5.91 Å². The molecule has 6 nitrogen and oxygen atoms in total. The first-order valence-electron chi connectivity index (χ1n) is 9.65. The Morgan fingerprint density at radius 2 is 1.82 bits per heavy atom. The minimum Gasteiger partial charge on any atom is -0.484 e. The van der Waals surface area contributed by atoms with Gasteiger partial charge in [-0.1, -0.05) is 49.4 Å². The number of benzene rings is 2. The monoisotopic (exact) mass is 382 g/mol. The molecule has 4 N–H and O–H groups in total. The number of rotatable bonds is 10. The van der Waals surface area contributed by atoms with Crippen LogP contribution in [-0.4, -0.2) is 38.1 Å². The molecule has 0 saturated carbocycles. The Kier molecular flexibility index (Phi) is 8.85. The lowest BCUT2D eigenvalue weighted by molar-refractivity contribution is -0.119. The number of nitrogens with zero attached hydrogens (tertiary/aromatic N) is 1. The summed E-state index contributed by atoms with van der Waals surface area (Å²) in [5.41, 5.74) is 7.54. The predicted octanol–water partition coefficient (Wildman–Crippen LogP) is 2.45. The number of ether oxygens (including phenoxy) is 1. The Bertz CT molecular complexity index is 745. The standard InChI is InChI=1S/C22H30N4O2/c1-3-24-22(26-15-17(2)19-7-5-4-6-8-19)25-14-13-18-9-11-20(12-10-18)28-16-21(23)27/h4-12,17H,3,13-16H2,1-2H3,(H2,23,27)(H2,24,25,26). The molecule has 2 rings (SSSR count). The van der Waals surface area contributed by atoms with Crippen LogP contribution in [0.15, 0.2) is 59.6 Å². The largest absolute Gasteiger partial charge is 0.484 e. The molecule has 0 aliphatic carbocycles. The van der Waals surface area contributed by atoms with Crippen LogP contribution >= 0.6 is 0 Å². The summed E-state index contributed by atoms with van der Waals surface area (Å²) in [6.45, 7) is 6.45. The first kappa shape index (κ1) is 21.3. The number of nitrogens with two attached hydrogens (primary N) is 1. The minimum absolute atomic E-state index is 0.106. The van der Waals surface area contributed by atoms with Gasteiger partial charge in [0, 0.05) is 25.6 Å². The molecule has 0 aromatic heterocycles. The van der Waals surface area contributed by atoms with E-state index in [2.05, 4.69) is 48.7 Å². The van der Waals surface area contributed by atoms with Gasteiger partial charge in [-0.3, -0.25) is 9.79 Å². The summed E-state index contributed by atoms with van der Waals surface area (Å²) >= 11 is 0. The second-order valence-corrected chi connectivity index (χ2v) is 6.61. The Morgan fingerprint density at radius 3 is 2.46 bits per heavy atom. The average molecular weight is 383 g/mol. The molecular weight excluding hydrogens is 352 g/mol. The number of carbonyl (C=O) groups is 1. The number of guanidine groups is 1. The van der Waals surface area contributed by atoms with Gasteiger partial charge in [0.2, 0.25) is 0 Å². The van der Waals surface area contributed by atoms with E-state index in [0.717, 1.165) is 32.0 Å². The van der Waals surface area contributed by atoms with Crippen molar-refractivity contribution < 1.29 is 9.53 Å². The first-order valence-corrected chi connectivity index (χ1v) is 9.65. The molecule has 2 aromatic carbocycles. The molecule has 0 fully saturated rings. The number of amides is 1. The Morgan fingerprint density at radius 1 is 1.11 bits per heavy atom. The van der Waals surface area contributed by atoms with Crippen LogP contribution < -0.4 is 21.1 Å². The number of hydrogen-bond acceptors (Lipinski definition) is 3. The van der Waals surface area contributed by atoms with E-state index in [9.17, 15) is 4.79 Å². The van der Waals surface area contributed by atoms with Crippen LogP contribution in [0.5, 0.6) is 5.75 Å². The van der Waals surface area contributed by atoms with Crippen LogP contribution in [0.25, 0.3) is 0 Å². The summed E-state index contributed by atoms with van der Waals surface area (Å²) in [4.78, 5) is 15.5. The summed E-state index contributed by atoms with van der Waals surface area (Å²) in [6, 6.07) is 18.1. The van der Waals surface area contributed by atoms with Gasteiger partial charge in [-0.05, 0) is 36.6 Å². The molecule has 1 unspecified atom stereocenters. The molecule has 0 bridgehead atoms. The normalized spacial score (nSPS) is 12.3. The fourth-order valence-electron chi connectivity index (χ4n) is 2.69. The van der Waals surface area contributed by atoms with Crippen molar-refractivity contribution in [2.75, 3.05) is 26.2 Å². The Balaban J connectivity index is 1.81. The molecule has 6 heteroatoms. The van der Waals surface area contributed by atoms with E-state index in [1.807, 2.05) is 30.3 Å². The highest BCUT2D eigenvalue weighted by Crippen LogP contribution is 2.14. The van der Waals surface area contributed by atoms with Gasteiger partial charge in [0.1, 0.15) is 5.75 Å². The second-order valence-electron chi connectivity index (χ2n) is 6.61. The maximum Gasteiger partial charge on any atom is 0.255 e. The lowest BCUT2D eigenvalue weighted by Crippen LogP contribution is -2.38. The van der Waals surface area contributed by atoms with E-state index >= 15 is 0 Å². The van der Waals surface area contributed by atoms with Crippen molar-refractivity contribution in [3.05, 3.63) is 65.7 Å². The van der Waals surface area contributed by atoms with Crippen LogP contribution in [0.4, 0.5) is 0 Å². The van der Waals surface area contributed by atoms with Gasteiger partial charge in [0.25, 0.3) is 5.91 Å². The molecule has 0 saturated heterocycles. The van der Waals surface area contributed by atoms with Gasteiger partial charge >= 0.3 is 0 Å². The van der Waals surface area contributed by atoms with Gasteiger partial charge in [-0.25, -0.2) is 0 Å². The van der Waals surface area contributed by atoms with E-state index in [1.165, 1.54) is 11.1 Å². The van der Waals surface area contributed by atoms with Gasteiger partial charge in [0.15, 0.2) is 12.6 Å². The smallest absolute Gasteiger partial charge is 0.255 e. The molecule has 0 spiro atoms. The maximum atomic E-state index is 10.7.